The highest BCUT2D eigenvalue weighted by Crippen LogP contribution is 2.26. The highest BCUT2D eigenvalue weighted by molar-refractivity contribution is 7.11. The molecule has 1 aromatic carbocycles. The first-order valence-electron chi connectivity index (χ1n) is 6.88. The van der Waals surface area contributed by atoms with Crippen LogP contribution in [0, 0.1) is 0 Å². The molecule has 122 valence electrons. The molecule has 0 aliphatic carbocycles. The third-order valence-corrected chi connectivity index (χ3v) is 4.58. The van der Waals surface area contributed by atoms with E-state index in [2.05, 4.69) is 5.32 Å². The molecule has 4 nitrogen and oxygen atoms in total. The molecule has 0 bridgehead atoms. The van der Waals surface area contributed by atoms with Gasteiger partial charge in [-0.15, -0.1) is 11.3 Å². The van der Waals surface area contributed by atoms with E-state index in [1.165, 1.54) is 18.3 Å². The van der Waals surface area contributed by atoms with Gasteiger partial charge in [0.2, 0.25) is 0 Å². The van der Waals surface area contributed by atoms with Crippen molar-refractivity contribution in [3.63, 3.8) is 0 Å². The largest absolute Gasteiger partial charge is 0.448 e. The van der Waals surface area contributed by atoms with E-state index in [1.54, 1.807) is 42.6 Å². The maximum Gasteiger partial charge on any atom is 0.349 e. The summed E-state index contributed by atoms with van der Waals surface area (Å²) in [6, 6.07) is 8.12. The van der Waals surface area contributed by atoms with Crippen LogP contribution in [0.15, 0.2) is 35.7 Å². The summed E-state index contributed by atoms with van der Waals surface area (Å²) >= 11 is 13.2. The van der Waals surface area contributed by atoms with Crippen molar-refractivity contribution in [3.8, 4) is 0 Å². The summed E-state index contributed by atoms with van der Waals surface area (Å²) in [4.78, 5) is 24.5. The van der Waals surface area contributed by atoms with E-state index in [0.29, 0.717) is 14.9 Å². The number of rotatable bonds is 5. The lowest BCUT2D eigenvalue weighted by Crippen LogP contribution is -2.37. The fourth-order valence-corrected chi connectivity index (χ4v) is 3.11. The molecule has 1 N–H and O–H groups in total. The molecule has 0 fully saturated rings. The lowest BCUT2D eigenvalue weighted by Gasteiger charge is -2.19. The van der Waals surface area contributed by atoms with Gasteiger partial charge in [0.25, 0.3) is 5.91 Å². The van der Waals surface area contributed by atoms with Gasteiger partial charge in [0.05, 0.1) is 6.04 Å². The van der Waals surface area contributed by atoms with Crippen LogP contribution < -0.4 is 5.32 Å². The van der Waals surface area contributed by atoms with Gasteiger partial charge in [-0.1, -0.05) is 35.3 Å². The highest BCUT2D eigenvalue weighted by atomic mass is 35.5. The number of thiophene rings is 1. The summed E-state index contributed by atoms with van der Waals surface area (Å²) in [5.41, 5.74) is 0.737. The van der Waals surface area contributed by atoms with Crippen molar-refractivity contribution in [2.45, 2.75) is 26.0 Å². The van der Waals surface area contributed by atoms with Crippen LogP contribution in [0.1, 0.15) is 35.1 Å². The molecule has 2 rings (SSSR count). The van der Waals surface area contributed by atoms with Crippen molar-refractivity contribution in [1.82, 2.24) is 5.32 Å². The van der Waals surface area contributed by atoms with Gasteiger partial charge in [0, 0.05) is 10.0 Å². The molecule has 2 atom stereocenters. The Balaban J connectivity index is 1.96. The molecular weight excluding hydrogens is 357 g/mol. The average Bonchev–Trinajstić information content (AvgIpc) is 3.01. The molecule has 0 spiro atoms. The fourth-order valence-electron chi connectivity index (χ4n) is 1.93. The number of hydrogen-bond donors (Lipinski definition) is 1. The number of hydrogen-bond acceptors (Lipinski definition) is 4. The van der Waals surface area contributed by atoms with Crippen LogP contribution in [0.3, 0.4) is 0 Å². The summed E-state index contributed by atoms with van der Waals surface area (Å²) in [5, 5.41) is 5.53. The minimum absolute atomic E-state index is 0.338. The van der Waals surface area contributed by atoms with Gasteiger partial charge in [-0.2, -0.15) is 0 Å². The zero-order chi connectivity index (χ0) is 17.0. The standard InChI is InChI=1S/C16H15Cl2NO3S/c1-9(12-6-5-11(17)8-13(12)18)19-15(20)10(2)22-16(21)14-4-3-7-23-14/h3-10H,1-2H3,(H,19,20)/t9-,10+/m0/s1. The molecule has 0 unspecified atom stereocenters. The Kier molecular flexibility index (Phi) is 6.04. The van der Waals surface area contributed by atoms with E-state index >= 15 is 0 Å². The van der Waals surface area contributed by atoms with Gasteiger partial charge in [0.1, 0.15) is 4.88 Å². The lowest BCUT2D eigenvalue weighted by molar-refractivity contribution is -0.129. The van der Waals surface area contributed by atoms with Crippen LogP contribution in [-0.4, -0.2) is 18.0 Å². The maximum absolute atomic E-state index is 12.2. The van der Waals surface area contributed by atoms with E-state index in [9.17, 15) is 9.59 Å². The SMILES string of the molecule is C[C@H](NC(=O)[C@@H](C)OC(=O)c1cccs1)c1ccc(Cl)cc1Cl. The minimum Gasteiger partial charge on any atom is -0.448 e. The molecule has 7 heteroatoms. The molecule has 1 amide bonds. The highest BCUT2D eigenvalue weighted by Gasteiger charge is 2.22. The van der Waals surface area contributed by atoms with Crippen LogP contribution in [0.2, 0.25) is 10.0 Å². The first kappa shape index (κ1) is 17.8. The zero-order valence-corrected chi connectivity index (χ0v) is 14.8. The molecule has 1 aromatic heterocycles. The molecule has 23 heavy (non-hydrogen) atoms. The maximum atomic E-state index is 12.2. The van der Waals surface area contributed by atoms with Crippen LogP contribution in [-0.2, 0) is 9.53 Å². The van der Waals surface area contributed by atoms with Crippen molar-refractivity contribution in [3.05, 3.63) is 56.2 Å². The zero-order valence-electron chi connectivity index (χ0n) is 12.5. The predicted octanol–water partition coefficient (Wildman–Crippen LogP) is 4.48. The Morgan fingerprint density at radius 3 is 2.57 bits per heavy atom. The number of benzene rings is 1. The number of nitrogens with one attached hydrogen (secondary N) is 1. The Morgan fingerprint density at radius 1 is 1.22 bits per heavy atom. The first-order valence-corrected chi connectivity index (χ1v) is 8.52. The Bertz CT molecular complexity index is 703. The van der Waals surface area contributed by atoms with Crippen molar-refractivity contribution >= 4 is 46.4 Å². The molecule has 0 saturated heterocycles. The summed E-state index contributed by atoms with van der Waals surface area (Å²) in [7, 11) is 0. The molecule has 0 aliphatic heterocycles. The minimum atomic E-state index is -0.905. The number of amides is 1. The fraction of sp³-hybridized carbons (Fsp3) is 0.250. The number of esters is 1. The summed E-state index contributed by atoms with van der Waals surface area (Å²) in [6.07, 6.45) is -0.905. The third-order valence-electron chi connectivity index (χ3n) is 3.16. The molecule has 0 aliphatic rings. The summed E-state index contributed by atoms with van der Waals surface area (Å²) < 4.78 is 5.15. The normalized spacial score (nSPS) is 13.2. The molecule has 2 aromatic rings. The van der Waals surface area contributed by atoms with Gasteiger partial charge in [-0.25, -0.2) is 4.79 Å². The van der Waals surface area contributed by atoms with Crippen molar-refractivity contribution < 1.29 is 14.3 Å². The molecule has 1 heterocycles. The van der Waals surface area contributed by atoms with E-state index in [1.807, 2.05) is 0 Å². The monoisotopic (exact) mass is 371 g/mol. The van der Waals surface area contributed by atoms with Crippen LogP contribution in [0.5, 0.6) is 0 Å². The van der Waals surface area contributed by atoms with Gasteiger partial charge in [-0.3, -0.25) is 4.79 Å². The average molecular weight is 372 g/mol. The Labute approximate surface area is 148 Å². The topological polar surface area (TPSA) is 55.4 Å². The number of ether oxygens (including phenoxy) is 1. The van der Waals surface area contributed by atoms with E-state index < -0.39 is 18.0 Å². The number of carbonyl (C=O) groups is 2. The van der Waals surface area contributed by atoms with E-state index in [0.717, 1.165) is 5.56 Å². The van der Waals surface area contributed by atoms with Crippen LogP contribution >= 0.6 is 34.5 Å². The molecule has 0 saturated carbocycles. The Morgan fingerprint density at radius 2 is 1.96 bits per heavy atom. The second-order valence-electron chi connectivity index (χ2n) is 4.92. The van der Waals surface area contributed by atoms with Gasteiger partial charge < -0.3 is 10.1 Å². The second kappa shape index (κ2) is 7.81. The van der Waals surface area contributed by atoms with Crippen molar-refractivity contribution in [2.24, 2.45) is 0 Å². The first-order chi connectivity index (χ1) is 10.9. The molecule has 0 radical (unpaired) electrons. The molecular formula is C16H15Cl2NO3S. The van der Waals surface area contributed by atoms with Crippen LogP contribution in [0.4, 0.5) is 0 Å². The summed E-state index contributed by atoms with van der Waals surface area (Å²) in [5.74, 6) is -0.909. The third kappa shape index (κ3) is 4.70. The van der Waals surface area contributed by atoms with E-state index in [-0.39, 0.29) is 6.04 Å². The quantitative estimate of drug-likeness (QED) is 0.788. The smallest absolute Gasteiger partial charge is 0.349 e. The number of carbonyl (C=O) groups excluding carboxylic acids is 2. The Hall–Kier alpha value is -1.56. The van der Waals surface area contributed by atoms with Crippen molar-refractivity contribution in [1.29, 1.82) is 0 Å². The predicted molar refractivity (Wildman–Crippen MR) is 92.2 cm³/mol. The van der Waals surface area contributed by atoms with Crippen LogP contribution in [0.25, 0.3) is 0 Å². The van der Waals surface area contributed by atoms with Gasteiger partial charge in [0.15, 0.2) is 6.10 Å². The lowest BCUT2D eigenvalue weighted by atomic mass is 10.1. The van der Waals surface area contributed by atoms with Gasteiger partial charge >= 0.3 is 5.97 Å². The van der Waals surface area contributed by atoms with E-state index in [4.69, 9.17) is 27.9 Å². The van der Waals surface area contributed by atoms with Gasteiger partial charge in [-0.05, 0) is 43.0 Å². The van der Waals surface area contributed by atoms with Crippen molar-refractivity contribution in [2.75, 3.05) is 0 Å². The number of halogens is 2. The second-order valence-corrected chi connectivity index (χ2v) is 6.71. The summed E-state index contributed by atoms with van der Waals surface area (Å²) in [6.45, 7) is 3.32.